The third-order valence-electron chi connectivity index (χ3n) is 6.23. The molecule has 33 heavy (non-hydrogen) atoms. The molecule has 0 atom stereocenters. The lowest BCUT2D eigenvalue weighted by atomic mass is 10.0. The van der Waals surface area contributed by atoms with Gasteiger partial charge in [0.05, 0.1) is 0 Å². The maximum absolute atomic E-state index is 12.9. The number of rotatable bonds is 5. The number of hydrogen-bond acceptors (Lipinski definition) is 3. The van der Waals surface area contributed by atoms with Crippen LogP contribution in [0, 0.1) is 0 Å². The van der Waals surface area contributed by atoms with Crippen LogP contribution in [-0.2, 0) is 6.54 Å². The minimum absolute atomic E-state index is 0.134. The second-order valence-corrected chi connectivity index (χ2v) is 8.80. The molecule has 0 unspecified atom stereocenters. The number of piperazine rings is 1. The number of fused-ring (bicyclic) bond motifs is 1. The first-order valence-electron chi connectivity index (χ1n) is 11.3. The Balaban J connectivity index is 1.21. The molecule has 0 spiro atoms. The lowest BCUT2D eigenvalue weighted by Crippen LogP contribution is -2.45. The van der Waals surface area contributed by atoms with Gasteiger partial charge in [0.15, 0.2) is 0 Å². The van der Waals surface area contributed by atoms with Crippen molar-refractivity contribution in [2.75, 3.05) is 36.4 Å². The first-order valence-corrected chi connectivity index (χ1v) is 11.6. The zero-order valence-electron chi connectivity index (χ0n) is 18.4. The smallest absolute Gasteiger partial charge is 0.256 e. The summed E-state index contributed by atoms with van der Waals surface area (Å²) >= 11 is 6.30. The van der Waals surface area contributed by atoms with Gasteiger partial charge in [0.1, 0.15) is 0 Å². The van der Waals surface area contributed by atoms with Crippen LogP contribution in [0.25, 0.3) is 10.8 Å². The lowest BCUT2D eigenvalue weighted by molar-refractivity contribution is 0.102. The Morgan fingerprint density at radius 2 is 1.45 bits per heavy atom. The van der Waals surface area contributed by atoms with Crippen molar-refractivity contribution in [1.29, 1.82) is 0 Å². The lowest BCUT2D eigenvalue weighted by Gasteiger charge is -2.36. The first kappa shape index (κ1) is 21.5. The van der Waals surface area contributed by atoms with Gasteiger partial charge in [-0.1, -0.05) is 66.2 Å². The Morgan fingerprint density at radius 3 is 2.21 bits per heavy atom. The minimum Gasteiger partial charge on any atom is -0.369 e. The molecule has 5 heteroatoms. The zero-order valence-corrected chi connectivity index (χ0v) is 19.1. The largest absolute Gasteiger partial charge is 0.369 e. The van der Waals surface area contributed by atoms with Crippen molar-refractivity contribution in [2.24, 2.45) is 0 Å². The van der Waals surface area contributed by atoms with Gasteiger partial charge in [-0.05, 0) is 47.3 Å². The molecule has 0 radical (unpaired) electrons. The Morgan fingerprint density at radius 1 is 0.758 bits per heavy atom. The van der Waals surface area contributed by atoms with E-state index in [0.717, 1.165) is 49.2 Å². The van der Waals surface area contributed by atoms with Crippen molar-refractivity contribution >= 4 is 39.7 Å². The van der Waals surface area contributed by atoms with Crippen LogP contribution < -0.4 is 10.2 Å². The second-order valence-electron chi connectivity index (χ2n) is 8.39. The Hall–Kier alpha value is -3.34. The van der Waals surface area contributed by atoms with Crippen molar-refractivity contribution in [3.8, 4) is 0 Å². The summed E-state index contributed by atoms with van der Waals surface area (Å²) in [6, 6.07) is 30.0. The number of nitrogens with zero attached hydrogens (tertiary/aromatic N) is 2. The summed E-state index contributed by atoms with van der Waals surface area (Å²) in [5.41, 5.74) is 3.95. The van der Waals surface area contributed by atoms with E-state index in [1.807, 2.05) is 48.5 Å². The molecule has 1 aliphatic heterocycles. The van der Waals surface area contributed by atoms with Crippen LogP contribution in [0.3, 0.4) is 0 Å². The number of anilines is 2. The van der Waals surface area contributed by atoms with Crippen LogP contribution >= 0.6 is 11.6 Å². The summed E-state index contributed by atoms with van der Waals surface area (Å²) in [5, 5.41) is 5.41. The fourth-order valence-corrected chi connectivity index (χ4v) is 4.67. The molecule has 166 valence electrons. The van der Waals surface area contributed by atoms with Gasteiger partial charge in [0.25, 0.3) is 5.91 Å². The highest BCUT2D eigenvalue weighted by Gasteiger charge is 2.17. The molecule has 4 nitrogen and oxygen atoms in total. The third kappa shape index (κ3) is 4.87. The SMILES string of the molecule is O=C(Nc1ccc(N2CCN(Cc3ccccc3)CC2)cc1)c1cccc2c(Cl)cccc12. The van der Waals surface area contributed by atoms with E-state index in [9.17, 15) is 4.79 Å². The van der Waals surface area contributed by atoms with Gasteiger partial charge in [-0.25, -0.2) is 0 Å². The van der Waals surface area contributed by atoms with E-state index in [0.29, 0.717) is 10.6 Å². The van der Waals surface area contributed by atoms with E-state index in [4.69, 9.17) is 11.6 Å². The summed E-state index contributed by atoms with van der Waals surface area (Å²) in [6.07, 6.45) is 0. The van der Waals surface area contributed by atoms with Gasteiger partial charge in [0, 0.05) is 60.1 Å². The summed E-state index contributed by atoms with van der Waals surface area (Å²) in [6.45, 7) is 5.07. The quantitative estimate of drug-likeness (QED) is 0.397. The average molecular weight is 456 g/mol. The zero-order chi connectivity index (χ0) is 22.6. The highest BCUT2D eigenvalue weighted by atomic mass is 35.5. The summed E-state index contributed by atoms with van der Waals surface area (Å²) < 4.78 is 0. The van der Waals surface area contributed by atoms with E-state index >= 15 is 0 Å². The molecule has 1 heterocycles. The predicted molar refractivity (Wildman–Crippen MR) is 137 cm³/mol. The number of amides is 1. The number of carbonyl (C=O) groups is 1. The van der Waals surface area contributed by atoms with Gasteiger partial charge in [-0.2, -0.15) is 0 Å². The Bertz CT molecular complexity index is 1250. The molecular weight excluding hydrogens is 430 g/mol. The van der Waals surface area contributed by atoms with Crippen molar-refractivity contribution in [2.45, 2.75) is 6.54 Å². The minimum atomic E-state index is -0.134. The van der Waals surface area contributed by atoms with Crippen LogP contribution in [0.15, 0.2) is 91.0 Å². The molecule has 0 saturated carbocycles. The topological polar surface area (TPSA) is 35.6 Å². The number of hydrogen-bond donors (Lipinski definition) is 1. The van der Waals surface area contributed by atoms with Crippen LogP contribution in [0.1, 0.15) is 15.9 Å². The van der Waals surface area contributed by atoms with Crippen molar-refractivity contribution in [3.63, 3.8) is 0 Å². The highest BCUT2D eigenvalue weighted by molar-refractivity contribution is 6.36. The molecule has 0 aromatic heterocycles. The molecule has 1 N–H and O–H groups in total. The van der Waals surface area contributed by atoms with E-state index in [1.165, 1.54) is 11.3 Å². The predicted octanol–water partition coefficient (Wildman–Crippen LogP) is 6.07. The average Bonchev–Trinajstić information content (AvgIpc) is 2.86. The Kier molecular flexibility index (Phi) is 6.29. The molecule has 1 aliphatic rings. The molecule has 1 fully saturated rings. The van der Waals surface area contributed by atoms with Crippen LogP contribution in [-0.4, -0.2) is 37.0 Å². The van der Waals surface area contributed by atoms with Crippen molar-refractivity contribution < 1.29 is 4.79 Å². The highest BCUT2D eigenvalue weighted by Crippen LogP contribution is 2.27. The summed E-state index contributed by atoms with van der Waals surface area (Å²) in [7, 11) is 0. The summed E-state index contributed by atoms with van der Waals surface area (Å²) in [5.74, 6) is -0.134. The van der Waals surface area contributed by atoms with Crippen LogP contribution in [0.5, 0.6) is 0 Å². The van der Waals surface area contributed by atoms with E-state index in [-0.39, 0.29) is 5.91 Å². The van der Waals surface area contributed by atoms with Gasteiger partial charge >= 0.3 is 0 Å². The molecule has 1 amide bonds. The third-order valence-corrected chi connectivity index (χ3v) is 6.55. The number of benzene rings is 4. The standard InChI is InChI=1S/C28H26ClN3O/c29-27-11-5-8-24-25(27)9-4-10-26(24)28(33)30-22-12-14-23(15-13-22)32-18-16-31(17-19-32)20-21-6-2-1-3-7-21/h1-15H,16-20H2,(H,30,33). The van der Waals surface area contributed by atoms with Gasteiger partial charge in [0.2, 0.25) is 0 Å². The maximum atomic E-state index is 12.9. The first-order chi connectivity index (χ1) is 16.2. The molecule has 4 aromatic carbocycles. The normalized spacial score (nSPS) is 14.4. The number of halogens is 1. The van der Waals surface area contributed by atoms with E-state index in [2.05, 4.69) is 57.6 Å². The van der Waals surface area contributed by atoms with Crippen LogP contribution in [0.2, 0.25) is 5.02 Å². The van der Waals surface area contributed by atoms with Crippen LogP contribution in [0.4, 0.5) is 11.4 Å². The summed E-state index contributed by atoms with van der Waals surface area (Å²) in [4.78, 5) is 17.8. The number of carbonyl (C=O) groups excluding carboxylic acids is 1. The van der Waals surface area contributed by atoms with E-state index < -0.39 is 0 Å². The molecule has 0 bridgehead atoms. The molecule has 5 rings (SSSR count). The van der Waals surface area contributed by atoms with Gasteiger partial charge < -0.3 is 10.2 Å². The Labute approximate surface area is 199 Å². The molecular formula is C28H26ClN3O. The van der Waals surface area contributed by atoms with E-state index in [1.54, 1.807) is 0 Å². The maximum Gasteiger partial charge on any atom is 0.256 e. The molecule has 0 aliphatic carbocycles. The number of nitrogens with one attached hydrogen (secondary N) is 1. The van der Waals surface area contributed by atoms with Gasteiger partial charge in [-0.15, -0.1) is 0 Å². The van der Waals surface area contributed by atoms with Gasteiger partial charge in [-0.3, -0.25) is 9.69 Å². The monoisotopic (exact) mass is 455 g/mol. The van der Waals surface area contributed by atoms with Crippen molar-refractivity contribution in [3.05, 3.63) is 107 Å². The van der Waals surface area contributed by atoms with Crippen molar-refractivity contribution in [1.82, 2.24) is 4.90 Å². The fraction of sp³-hybridized carbons (Fsp3) is 0.179. The molecule has 1 saturated heterocycles. The molecule has 4 aromatic rings. The second kappa shape index (κ2) is 9.65. The fourth-order valence-electron chi connectivity index (χ4n) is 4.43.